The van der Waals surface area contributed by atoms with E-state index in [1.54, 1.807) is 0 Å². The van der Waals surface area contributed by atoms with Gasteiger partial charge in [-0.25, -0.2) is 0 Å². The van der Waals surface area contributed by atoms with E-state index in [0.717, 1.165) is 14.8 Å². The summed E-state index contributed by atoms with van der Waals surface area (Å²) >= 11 is 7.61. The van der Waals surface area contributed by atoms with Gasteiger partial charge < -0.3 is 4.90 Å². The van der Waals surface area contributed by atoms with Crippen molar-refractivity contribution in [1.29, 1.82) is 0 Å². The van der Waals surface area contributed by atoms with Gasteiger partial charge in [0.1, 0.15) is 0 Å². The fraction of sp³-hybridized carbons (Fsp3) is 0.176. The van der Waals surface area contributed by atoms with Gasteiger partial charge in [0.25, 0.3) is 5.91 Å². The van der Waals surface area contributed by atoms with Crippen molar-refractivity contribution in [1.82, 2.24) is 5.32 Å². The molecule has 22 heavy (non-hydrogen) atoms. The van der Waals surface area contributed by atoms with Crippen LogP contribution in [0.4, 0.5) is 5.69 Å². The van der Waals surface area contributed by atoms with E-state index >= 15 is 0 Å². The van der Waals surface area contributed by atoms with Gasteiger partial charge in [-0.05, 0) is 78.5 Å². The lowest BCUT2D eigenvalue weighted by Gasteiger charge is -2.23. The predicted octanol–water partition coefficient (Wildman–Crippen LogP) is 4.14. The zero-order chi connectivity index (χ0) is 16.1. The molecule has 0 atom stereocenters. The smallest absolute Gasteiger partial charge is 0.257 e. The fourth-order valence-electron chi connectivity index (χ4n) is 2.02. The molecule has 0 saturated heterocycles. The first-order valence-electron chi connectivity index (χ1n) is 6.97. The standard InChI is InChI=1S/C17H17IN2OS/c1-3-20(14-7-5-4-6-8-14)17(22)19-16(21)13-10-9-12(2)15(18)11-13/h4-11H,3H2,1-2H3,(H,19,21,22). The Bertz CT molecular complexity index is 688. The van der Waals surface area contributed by atoms with Crippen molar-refractivity contribution in [3.8, 4) is 0 Å². The van der Waals surface area contributed by atoms with Crippen LogP contribution in [0.3, 0.4) is 0 Å². The number of amides is 1. The first kappa shape index (κ1) is 16.9. The van der Waals surface area contributed by atoms with Crippen LogP contribution in [0.2, 0.25) is 0 Å². The monoisotopic (exact) mass is 424 g/mol. The van der Waals surface area contributed by atoms with E-state index in [1.807, 2.05) is 67.3 Å². The van der Waals surface area contributed by atoms with Gasteiger partial charge in [0.05, 0.1) is 0 Å². The molecule has 0 bridgehead atoms. The molecule has 0 heterocycles. The van der Waals surface area contributed by atoms with Crippen LogP contribution in [0.15, 0.2) is 48.5 Å². The first-order valence-corrected chi connectivity index (χ1v) is 8.45. The minimum atomic E-state index is -0.183. The maximum Gasteiger partial charge on any atom is 0.257 e. The zero-order valence-corrected chi connectivity index (χ0v) is 15.4. The highest BCUT2D eigenvalue weighted by molar-refractivity contribution is 14.1. The van der Waals surface area contributed by atoms with Gasteiger partial charge in [0, 0.05) is 21.4 Å². The van der Waals surface area contributed by atoms with Gasteiger partial charge in [-0.2, -0.15) is 0 Å². The van der Waals surface area contributed by atoms with E-state index in [4.69, 9.17) is 12.2 Å². The Morgan fingerprint density at radius 1 is 1.23 bits per heavy atom. The molecular formula is C17H17IN2OS. The average Bonchev–Trinajstić information content (AvgIpc) is 2.51. The molecule has 0 unspecified atom stereocenters. The van der Waals surface area contributed by atoms with Crippen molar-refractivity contribution in [2.75, 3.05) is 11.4 Å². The maximum atomic E-state index is 12.3. The van der Waals surface area contributed by atoms with Gasteiger partial charge in [0.2, 0.25) is 0 Å². The number of thiocarbonyl (C=S) groups is 1. The van der Waals surface area contributed by atoms with E-state index in [-0.39, 0.29) is 5.91 Å². The molecular weight excluding hydrogens is 407 g/mol. The van der Waals surface area contributed by atoms with Gasteiger partial charge >= 0.3 is 0 Å². The SMILES string of the molecule is CCN(C(=S)NC(=O)c1ccc(C)c(I)c1)c1ccccc1. The average molecular weight is 424 g/mol. The van der Waals surface area contributed by atoms with Crippen LogP contribution in [-0.2, 0) is 0 Å². The highest BCUT2D eigenvalue weighted by Crippen LogP contribution is 2.15. The van der Waals surface area contributed by atoms with Crippen LogP contribution >= 0.6 is 34.8 Å². The number of benzene rings is 2. The summed E-state index contributed by atoms with van der Waals surface area (Å²) in [6, 6.07) is 15.4. The van der Waals surface area contributed by atoms with Gasteiger partial charge in [0.15, 0.2) is 5.11 Å². The Morgan fingerprint density at radius 3 is 2.50 bits per heavy atom. The van der Waals surface area contributed by atoms with Crippen molar-refractivity contribution < 1.29 is 4.79 Å². The highest BCUT2D eigenvalue weighted by atomic mass is 127. The summed E-state index contributed by atoms with van der Waals surface area (Å²) in [6.07, 6.45) is 0. The summed E-state index contributed by atoms with van der Waals surface area (Å²) in [6.45, 7) is 4.71. The lowest BCUT2D eigenvalue weighted by atomic mass is 10.1. The topological polar surface area (TPSA) is 32.3 Å². The van der Waals surface area contributed by atoms with E-state index in [1.165, 1.54) is 0 Å². The van der Waals surface area contributed by atoms with Crippen LogP contribution in [0.1, 0.15) is 22.8 Å². The number of nitrogens with one attached hydrogen (secondary N) is 1. The highest BCUT2D eigenvalue weighted by Gasteiger charge is 2.14. The minimum absolute atomic E-state index is 0.183. The van der Waals surface area contributed by atoms with E-state index < -0.39 is 0 Å². The van der Waals surface area contributed by atoms with E-state index in [0.29, 0.717) is 17.2 Å². The molecule has 1 amide bonds. The normalized spacial score (nSPS) is 10.1. The van der Waals surface area contributed by atoms with E-state index in [2.05, 4.69) is 27.9 Å². The Labute approximate surface area is 149 Å². The molecule has 0 spiro atoms. The predicted molar refractivity (Wildman–Crippen MR) is 103 cm³/mol. The van der Waals surface area contributed by atoms with Crippen LogP contribution in [-0.4, -0.2) is 17.6 Å². The largest absolute Gasteiger partial charge is 0.319 e. The van der Waals surface area contributed by atoms with Crippen LogP contribution in [0.5, 0.6) is 0 Å². The van der Waals surface area contributed by atoms with Gasteiger partial charge in [-0.1, -0.05) is 24.3 Å². The molecule has 2 aromatic carbocycles. The van der Waals surface area contributed by atoms with Crippen molar-refractivity contribution in [3.05, 3.63) is 63.2 Å². The molecule has 0 aliphatic heterocycles. The number of halogens is 1. The zero-order valence-electron chi connectivity index (χ0n) is 12.5. The number of aryl methyl sites for hydroxylation is 1. The third kappa shape index (κ3) is 4.04. The molecule has 2 aromatic rings. The molecule has 0 aliphatic carbocycles. The lowest BCUT2D eigenvalue weighted by Crippen LogP contribution is -2.42. The Balaban J connectivity index is 2.13. The number of hydrogen-bond donors (Lipinski definition) is 1. The van der Waals surface area contributed by atoms with Crippen molar-refractivity contribution in [3.63, 3.8) is 0 Å². The third-order valence-corrected chi connectivity index (χ3v) is 4.77. The number of carbonyl (C=O) groups excluding carboxylic acids is 1. The summed E-state index contributed by atoms with van der Waals surface area (Å²) in [5.41, 5.74) is 2.73. The van der Waals surface area contributed by atoms with Crippen LogP contribution < -0.4 is 10.2 Å². The second-order valence-corrected chi connectivity index (χ2v) is 6.35. The summed E-state index contributed by atoms with van der Waals surface area (Å²) in [5.74, 6) is -0.183. The summed E-state index contributed by atoms with van der Waals surface area (Å²) < 4.78 is 1.06. The second-order valence-electron chi connectivity index (χ2n) is 4.80. The summed E-state index contributed by atoms with van der Waals surface area (Å²) in [7, 11) is 0. The molecule has 3 nitrogen and oxygen atoms in total. The summed E-state index contributed by atoms with van der Waals surface area (Å²) in [5, 5.41) is 3.22. The van der Waals surface area contributed by atoms with Gasteiger partial charge in [-0.15, -0.1) is 0 Å². The molecule has 114 valence electrons. The number of hydrogen-bond acceptors (Lipinski definition) is 2. The molecule has 0 saturated carbocycles. The molecule has 0 radical (unpaired) electrons. The van der Waals surface area contributed by atoms with Crippen molar-refractivity contribution >= 4 is 51.5 Å². The van der Waals surface area contributed by atoms with Crippen molar-refractivity contribution in [2.45, 2.75) is 13.8 Å². The van der Waals surface area contributed by atoms with E-state index in [9.17, 15) is 4.79 Å². The third-order valence-electron chi connectivity index (χ3n) is 3.28. The number of para-hydroxylation sites is 1. The quantitative estimate of drug-likeness (QED) is 0.594. The number of anilines is 1. The molecule has 0 aromatic heterocycles. The molecule has 0 fully saturated rings. The Kier molecular flexibility index (Phi) is 5.90. The Hall–Kier alpha value is -1.47. The maximum absolute atomic E-state index is 12.3. The summed E-state index contributed by atoms with van der Waals surface area (Å²) in [4.78, 5) is 14.2. The Morgan fingerprint density at radius 2 is 1.91 bits per heavy atom. The number of nitrogens with zero attached hydrogens (tertiary/aromatic N) is 1. The number of carbonyl (C=O) groups is 1. The van der Waals surface area contributed by atoms with Gasteiger partial charge in [-0.3, -0.25) is 10.1 Å². The van der Waals surface area contributed by atoms with Crippen LogP contribution in [0.25, 0.3) is 0 Å². The number of rotatable bonds is 3. The molecule has 2 rings (SSSR count). The fourth-order valence-corrected chi connectivity index (χ4v) is 2.86. The second kappa shape index (κ2) is 7.69. The molecule has 0 aliphatic rings. The molecule has 5 heteroatoms. The van der Waals surface area contributed by atoms with Crippen molar-refractivity contribution in [2.24, 2.45) is 0 Å². The molecule has 1 N–H and O–H groups in total. The minimum Gasteiger partial charge on any atom is -0.319 e. The lowest BCUT2D eigenvalue weighted by molar-refractivity contribution is 0.0977. The van der Waals surface area contributed by atoms with Crippen LogP contribution in [0, 0.1) is 10.5 Å². The first-order chi connectivity index (χ1) is 10.5.